The summed E-state index contributed by atoms with van der Waals surface area (Å²) in [4.78, 5) is 2.37. The third-order valence-electron chi connectivity index (χ3n) is 3.51. The minimum absolute atomic E-state index is 0.418. The van der Waals surface area contributed by atoms with Crippen molar-refractivity contribution in [3.05, 3.63) is 18.2 Å². The Morgan fingerprint density at radius 2 is 1.95 bits per heavy atom. The smallest absolute Gasteiger partial charge is 0.144 e. The van der Waals surface area contributed by atoms with E-state index < -0.39 is 0 Å². The van der Waals surface area contributed by atoms with Gasteiger partial charge >= 0.3 is 0 Å². The molecular formula is C15H24N2O2. The summed E-state index contributed by atoms with van der Waals surface area (Å²) in [6.45, 7) is 7.53. The van der Waals surface area contributed by atoms with Crippen molar-refractivity contribution in [2.45, 2.75) is 32.8 Å². The summed E-state index contributed by atoms with van der Waals surface area (Å²) in [5, 5.41) is 0. The number of nitrogens with zero attached hydrogens (tertiary/aromatic N) is 1. The third kappa shape index (κ3) is 3.53. The van der Waals surface area contributed by atoms with E-state index in [9.17, 15) is 0 Å². The van der Waals surface area contributed by atoms with Crippen molar-refractivity contribution in [3.8, 4) is 5.75 Å². The second-order valence-electron chi connectivity index (χ2n) is 4.80. The number of nitrogen functional groups attached to an aromatic ring is 1. The lowest BCUT2D eigenvalue weighted by Gasteiger charge is -2.33. The highest BCUT2D eigenvalue weighted by atomic mass is 16.5. The highest BCUT2D eigenvalue weighted by molar-refractivity contribution is 5.62. The molecule has 1 heterocycles. The summed E-state index contributed by atoms with van der Waals surface area (Å²) in [5.41, 5.74) is 7.79. The average molecular weight is 264 g/mol. The molecule has 0 aliphatic carbocycles. The Balaban J connectivity index is 2.01. The second kappa shape index (κ2) is 6.66. The van der Waals surface area contributed by atoms with Crippen LogP contribution in [0.15, 0.2) is 18.2 Å². The van der Waals surface area contributed by atoms with E-state index in [2.05, 4.69) is 17.9 Å². The Morgan fingerprint density at radius 3 is 2.58 bits per heavy atom. The van der Waals surface area contributed by atoms with Gasteiger partial charge in [0, 0.05) is 31.5 Å². The maximum Gasteiger partial charge on any atom is 0.144 e. The lowest BCUT2D eigenvalue weighted by Crippen LogP contribution is -2.37. The molecule has 0 amide bonds. The fourth-order valence-electron chi connectivity index (χ4n) is 2.52. The molecule has 106 valence electrons. The van der Waals surface area contributed by atoms with E-state index in [0.717, 1.165) is 38.3 Å². The first-order valence-electron chi connectivity index (χ1n) is 7.13. The Bertz CT molecular complexity index is 401. The molecule has 4 heteroatoms. The van der Waals surface area contributed by atoms with Gasteiger partial charge in [-0.25, -0.2) is 0 Å². The zero-order valence-electron chi connectivity index (χ0n) is 11.9. The SMILES string of the molecule is CCOc1cc(N2CCC(OCC)CC2)ccc1N. The molecule has 0 radical (unpaired) electrons. The van der Waals surface area contributed by atoms with E-state index in [1.54, 1.807) is 0 Å². The molecule has 1 aliphatic heterocycles. The van der Waals surface area contributed by atoms with Gasteiger partial charge in [0.25, 0.3) is 0 Å². The molecule has 19 heavy (non-hydrogen) atoms. The molecule has 0 atom stereocenters. The van der Waals surface area contributed by atoms with Gasteiger partial charge in [0.15, 0.2) is 0 Å². The van der Waals surface area contributed by atoms with Crippen molar-refractivity contribution in [1.82, 2.24) is 0 Å². The van der Waals surface area contributed by atoms with Crippen LogP contribution in [0.4, 0.5) is 11.4 Å². The van der Waals surface area contributed by atoms with Crippen molar-refractivity contribution < 1.29 is 9.47 Å². The van der Waals surface area contributed by atoms with Crippen LogP contribution in [-0.4, -0.2) is 32.4 Å². The Morgan fingerprint density at radius 1 is 1.21 bits per heavy atom. The maximum atomic E-state index is 5.90. The monoisotopic (exact) mass is 264 g/mol. The number of hydrogen-bond donors (Lipinski definition) is 1. The Hall–Kier alpha value is -1.42. The number of anilines is 2. The van der Waals surface area contributed by atoms with Crippen LogP contribution in [-0.2, 0) is 4.74 Å². The summed E-state index contributed by atoms with van der Waals surface area (Å²) in [5.74, 6) is 0.784. The van der Waals surface area contributed by atoms with Crippen molar-refractivity contribution in [1.29, 1.82) is 0 Å². The predicted molar refractivity (Wildman–Crippen MR) is 78.9 cm³/mol. The minimum Gasteiger partial charge on any atom is -0.492 e. The zero-order chi connectivity index (χ0) is 13.7. The molecule has 4 nitrogen and oxygen atoms in total. The van der Waals surface area contributed by atoms with E-state index in [0.29, 0.717) is 18.4 Å². The van der Waals surface area contributed by atoms with Gasteiger partial charge in [-0.2, -0.15) is 0 Å². The van der Waals surface area contributed by atoms with Crippen LogP contribution in [0.2, 0.25) is 0 Å². The van der Waals surface area contributed by atoms with Gasteiger partial charge in [0.1, 0.15) is 5.75 Å². The van der Waals surface area contributed by atoms with Crippen molar-refractivity contribution in [2.24, 2.45) is 0 Å². The van der Waals surface area contributed by atoms with Crippen LogP contribution in [0.3, 0.4) is 0 Å². The molecule has 1 aromatic carbocycles. The van der Waals surface area contributed by atoms with Gasteiger partial charge in [0.05, 0.1) is 18.4 Å². The molecule has 1 aliphatic rings. The van der Waals surface area contributed by atoms with Crippen LogP contribution >= 0.6 is 0 Å². The summed E-state index contributed by atoms with van der Waals surface area (Å²) < 4.78 is 11.2. The maximum absolute atomic E-state index is 5.90. The van der Waals surface area contributed by atoms with Gasteiger partial charge in [-0.15, -0.1) is 0 Å². The Kier molecular flexibility index (Phi) is 4.91. The van der Waals surface area contributed by atoms with Crippen LogP contribution < -0.4 is 15.4 Å². The molecule has 1 aromatic rings. The van der Waals surface area contributed by atoms with Crippen LogP contribution in [0.25, 0.3) is 0 Å². The first kappa shape index (κ1) is 14.0. The summed E-state index contributed by atoms with van der Waals surface area (Å²) >= 11 is 0. The normalized spacial score (nSPS) is 16.6. The van der Waals surface area contributed by atoms with Gasteiger partial charge in [-0.05, 0) is 38.8 Å². The number of rotatable bonds is 5. The quantitative estimate of drug-likeness (QED) is 0.831. The molecule has 0 saturated carbocycles. The average Bonchev–Trinajstić information content (AvgIpc) is 2.43. The van der Waals surface area contributed by atoms with E-state index in [1.807, 2.05) is 19.1 Å². The van der Waals surface area contributed by atoms with Gasteiger partial charge in [-0.1, -0.05) is 0 Å². The fraction of sp³-hybridized carbons (Fsp3) is 0.600. The molecule has 2 rings (SSSR count). The van der Waals surface area contributed by atoms with E-state index >= 15 is 0 Å². The molecule has 0 spiro atoms. The fourth-order valence-corrected chi connectivity index (χ4v) is 2.52. The predicted octanol–water partition coefficient (Wildman–Crippen LogP) is 2.67. The Labute approximate surface area is 115 Å². The first-order chi connectivity index (χ1) is 9.24. The minimum atomic E-state index is 0.418. The third-order valence-corrected chi connectivity index (χ3v) is 3.51. The summed E-state index contributed by atoms with van der Waals surface area (Å²) in [7, 11) is 0. The zero-order valence-corrected chi connectivity index (χ0v) is 11.9. The van der Waals surface area contributed by atoms with E-state index in [4.69, 9.17) is 15.2 Å². The standard InChI is InChI=1S/C15H24N2O2/c1-3-18-13-7-9-17(10-8-13)12-5-6-14(16)15(11-12)19-4-2/h5-6,11,13H,3-4,7-10,16H2,1-2H3. The van der Waals surface area contributed by atoms with Crippen LogP contribution in [0.1, 0.15) is 26.7 Å². The van der Waals surface area contributed by atoms with Crippen LogP contribution in [0, 0.1) is 0 Å². The van der Waals surface area contributed by atoms with E-state index in [1.165, 1.54) is 5.69 Å². The number of benzene rings is 1. The largest absolute Gasteiger partial charge is 0.492 e. The lowest BCUT2D eigenvalue weighted by molar-refractivity contribution is 0.0459. The number of piperidine rings is 1. The molecule has 0 unspecified atom stereocenters. The van der Waals surface area contributed by atoms with Gasteiger partial charge in [-0.3, -0.25) is 0 Å². The molecular weight excluding hydrogens is 240 g/mol. The van der Waals surface area contributed by atoms with Crippen molar-refractivity contribution in [3.63, 3.8) is 0 Å². The first-order valence-corrected chi connectivity index (χ1v) is 7.13. The second-order valence-corrected chi connectivity index (χ2v) is 4.80. The van der Waals surface area contributed by atoms with Crippen LogP contribution in [0.5, 0.6) is 5.75 Å². The molecule has 1 saturated heterocycles. The highest BCUT2D eigenvalue weighted by Crippen LogP contribution is 2.29. The summed E-state index contributed by atoms with van der Waals surface area (Å²) in [6, 6.07) is 6.04. The van der Waals surface area contributed by atoms with Crippen molar-refractivity contribution in [2.75, 3.05) is 36.9 Å². The molecule has 0 bridgehead atoms. The molecule has 1 fully saturated rings. The molecule has 0 aromatic heterocycles. The van der Waals surface area contributed by atoms with E-state index in [-0.39, 0.29) is 0 Å². The van der Waals surface area contributed by atoms with Gasteiger partial charge < -0.3 is 20.1 Å². The lowest BCUT2D eigenvalue weighted by atomic mass is 10.1. The molecule has 2 N–H and O–H groups in total. The number of nitrogens with two attached hydrogens (primary N) is 1. The highest BCUT2D eigenvalue weighted by Gasteiger charge is 2.20. The van der Waals surface area contributed by atoms with Gasteiger partial charge in [0.2, 0.25) is 0 Å². The topological polar surface area (TPSA) is 47.7 Å². The van der Waals surface area contributed by atoms with Crippen molar-refractivity contribution >= 4 is 11.4 Å². The number of ether oxygens (including phenoxy) is 2. The summed E-state index contributed by atoms with van der Waals surface area (Å²) in [6.07, 6.45) is 2.59. The number of hydrogen-bond acceptors (Lipinski definition) is 4.